The molecule has 3 heterocycles. The molecule has 0 saturated heterocycles. The van der Waals surface area contributed by atoms with E-state index in [0.717, 1.165) is 42.9 Å². The molecule has 6 heteroatoms. The van der Waals surface area contributed by atoms with Crippen LogP contribution in [0, 0.1) is 0 Å². The highest BCUT2D eigenvalue weighted by atomic mass is 35.5. The van der Waals surface area contributed by atoms with Gasteiger partial charge in [-0.2, -0.15) is 0 Å². The van der Waals surface area contributed by atoms with Gasteiger partial charge >= 0.3 is 0 Å². The lowest BCUT2D eigenvalue weighted by Gasteiger charge is -2.28. The van der Waals surface area contributed by atoms with Crippen LogP contribution in [0.3, 0.4) is 0 Å². The first-order chi connectivity index (χ1) is 9.22. The van der Waals surface area contributed by atoms with E-state index in [2.05, 4.69) is 19.9 Å². The predicted octanol–water partition coefficient (Wildman–Crippen LogP) is 1.67. The molecule has 0 fully saturated rings. The van der Waals surface area contributed by atoms with Gasteiger partial charge in [-0.05, 0) is 18.1 Å². The van der Waals surface area contributed by atoms with Gasteiger partial charge in [0.2, 0.25) is 0 Å². The number of hydrogen-bond acceptors (Lipinski definition) is 5. The van der Waals surface area contributed by atoms with E-state index in [4.69, 9.17) is 17.3 Å². The van der Waals surface area contributed by atoms with Gasteiger partial charge in [0.05, 0.1) is 5.69 Å². The van der Waals surface area contributed by atoms with Crippen molar-refractivity contribution in [1.82, 2.24) is 19.9 Å². The van der Waals surface area contributed by atoms with E-state index < -0.39 is 0 Å². The molecule has 98 valence electrons. The third-order valence-corrected chi connectivity index (χ3v) is 3.54. The van der Waals surface area contributed by atoms with Crippen LogP contribution in [-0.4, -0.2) is 26.4 Å². The summed E-state index contributed by atoms with van der Waals surface area (Å²) in [5, 5.41) is 0.522. The van der Waals surface area contributed by atoms with Gasteiger partial charge in [0.25, 0.3) is 0 Å². The van der Waals surface area contributed by atoms with Crippen LogP contribution in [0.5, 0.6) is 0 Å². The highest BCUT2D eigenvalue weighted by Gasteiger charge is 2.19. The third kappa shape index (κ3) is 2.67. The zero-order chi connectivity index (χ0) is 13.2. The zero-order valence-corrected chi connectivity index (χ0v) is 11.1. The fraction of sp³-hybridized carbons (Fsp3) is 0.308. The Bertz CT molecular complexity index is 584. The van der Waals surface area contributed by atoms with Gasteiger partial charge in [0.1, 0.15) is 17.3 Å². The van der Waals surface area contributed by atoms with Crippen molar-refractivity contribution in [3.05, 3.63) is 46.6 Å². The van der Waals surface area contributed by atoms with Crippen molar-refractivity contribution >= 4 is 17.4 Å². The fourth-order valence-corrected chi connectivity index (χ4v) is 2.44. The summed E-state index contributed by atoms with van der Waals surface area (Å²) in [5.74, 6) is 0.609. The molecule has 0 aliphatic carbocycles. The van der Waals surface area contributed by atoms with Gasteiger partial charge in [-0.15, -0.1) is 0 Å². The van der Waals surface area contributed by atoms with E-state index in [1.54, 1.807) is 0 Å². The highest BCUT2D eigenvalue weighted by Crippen LogP contribution is 2.21. The van der Waals surface area contributed by atoms with Gasteiger partial charge in [-0.3, -0.25) is 4.90 Å². The quantitative estimate of drug-likeness (QED) is 0.845. The number of nitrogen functional groups attached to an aromatic ring is 1. The smallest absolute Gasteiger partial charge is 0.130 e. The number of pyridine rings is 1. The molecule has 0 unspecified atom stereocenters. The summed E-state index contributed by atoms with van der Waals surface area (Å²) in [5.41, 5.74) is 9.13. The first kappa shape index (κ1) is 12.3. The molecular weight excluding hydrogens is 262 g/mol. The number of anilines is 1. The van der Waals surface area contributed by atoms with Crippen molar-refractivity contribution in [3.8, 4) is 0 Å². The Morgan fingerprint density at radius 1 is 1.26 bits per heavy atom. The van der Waals surface area contributed by atoms with Gasteiger partial charge in [0.15, 0.2) is 0 Å². The molecule has 2 N–H and O–H groups in total. The monoisotopic (exact) mass is 275 g/mol. The molecule has 19 heavy (non-hydrogen) atoms. The van der Waals surface area contributed by atoms with Gasteiger partial charge in [-0.1, -0.05) is 17.7 Å². The Morgan fingerprint density at radius 2 is 2.16 bits per heavy atom. The Labute approximate surface area is 116 Å². The van der Waals surface area contributed by atoms with E-state index in [9.17, 15) is 0 Å². The van der Waals surface area contributed by atoms with Crippen LogP contribution in [0.25, 0.3) is 0 Å². The average Bonchev–Trinajstić information content (AvgIpc) is 2.42. The van der Waals surface area contributed by atoms with E-state index in [-0.39, 0.29) is 0 Å². The minimum absolute atomic E-state index is 0.522. The SMILES string of the molecule is Nc1ncnc2c1CCN(Cc1ccc(Cl)nc1)C2. The maximum atomic E-state index is 5.86. The molecule has 1 aliphatic rings. The molecule has 5 nitrogen and oxygen atoms in total. The summed E-state index contributed by atoms with van der Waals surface area (Å²) in [6.45, 7) is 2.59. The summed E-state index contributed by atoms with van der Waals surface area (Å²) in [6.07, 6.45) is 4.23. The number of hydrogen-bond donors (Lipinski definition) is 1. The fourth-order valence-electron chi connectivity index (χ4n) is 2.33. The lowest BCUT2D eigenvalue weighted by Crippen LogP contribution is -2.31. The van der Waals surface area contributed by atoms with Crippen LogP contribution in [0.15, 0.2) is 24.7 Å². The van der Waals surface area contributed by atoms with Gasteiger partial charge in [0, 0.05) is 31.4 Å². The second-order valence-corrected chi connectivity index (χ2v) is 5.02. The third-order valence-electron chi connectivity index (χ3n) is 3.31. The first-order valence-electron chi connectivity index (χ1n) is 6.13. The second kappa shape index (κ2) is 5.11. The molecule has 0 aromatic carbocycles. The van der Waals surface area contributed by atoms with Crippen LogP contribution in [0.2, 0.25) is 5.15 Å². The summed E-state index contributed by atoms with van der Waals surface area (Å²) < 4.78 is 0. The second-order valence-electron chi connectivity index (χ2n) is 4.63. The van der Waals surface area contributed by atoms with Crippen LogP contribution in [-0.2, 0) is 19.5 Å². The van der Waals surface area contributed by atoms with Crippen molar-refractivity contribution in [3.63, 3.8) is 0 Å². The molecule has 0 amide bonds. The van der Waals surface area contributed by atoms with Gasteiger partial charge < -0.3 is 5.73 Å². The molecule has 3 rings (SSSR count). The number of aromatic nitrogens is 3. The molecule has 2 aromatic rings. The molecule has 1 aliphatic heterocycles. The Kier molecular flexibility index (Phi) is 3.31. The number of rotatable bonds is 2. The minimum Gasteiger partial charge on any atom is -0.383 e. The number of nitrogens with zero attached hydrogens (tertiary/aromatic N) is 4. The summed E-state index contributed by atoms with van der Waals surface area (Å²) in [4.78, 5) is 14.8. The van der Waals surface area contributed by atoms with Gasteiger partial charge in [-0.25, -0.2) is 15.0 Å². The molecule has 0 bridgehead atoms. The Morgan fingerprint density at radius 3 is 2.95 bits per heavy atom. The molecule has 2 aromatic heterocycles. The molecule has 0 atom stereocenters. The van der Waals surface area contributed by atoms with Crippen molar-refractivity contribution in [2.24, 2.45) is 0 Å². The van der Waals surface area contributed by atoms with E-state index in [1.165, 1.54) is 6.33 Å². The lowest BCUT2D eigenvalue weighted by atomic mass is 10.1. The normalized spacial score (nSPS) is 15.2. The van der Waals surface area contributed by atoms with Crippen LogP contribution in [0.4, 0.5) is 5.82 Å². The van der Waals surface area contributed by atoms with E-state index in [0.29, 0.717) is 11.0 Å². The average molecular weight is 276 g/mol. The van der Waals surface area contributed by atoms with Crippen molar-refractivity contribution in [2.45, 2.75) is 19.5 Å². The number of nitrogens with two attached hydrogens (primary N) is 1. The highest BCUT2D eigenvalue weighted by molar-refractivity contribution is 6.29. The first-order valence-corrected chi connectivity index (χ1v) is 6.51. The molecular formula is C13H14ClN5. The Balaban J connectivity index is 1.74. The zero-order valence-electron chi connectivity index (χ0n) is 10.4. The van der Waals surface area contributed by atoms with Crippen molar-refractivity contribution in [2.75, 3.05) is 12.3 Å². The molecule has 0 spiro atoms. The number of fused-ring (bicyclic) bond motifs is 1. The predicted molar refractivity (Wildman–Crippen MR) is 73.5 cm³/mol. The van der Waals surface area contributed by atoms with E-state index >= 15 is 0 Å². The Hall–Kier alpha value is -1.72. The summed E-state index contributed by atoms with van der Waals surface area (Å²) in [6, 6.07) is 3.81. The molecule has 0 radical (unpaired) electrons. The summed E-state index contributed by atoms with van der Waals surface area (Å²) in [7, 11) is 0. The van der Waals surface area contributed by atoms with Crippen LogP contribution in [0.1, 0.15) is 16.8 Å². The van der Waals surface area contributed by atoms with Crippen LogP contribution < -0.4 is 5.73 Å². The van der Waals surface area contributed by atoms with Crippen molar-refractivity contribution in [1.29, 1.82) is 0 Å². The minimum atomic E-state index is 0.522. The van der Waals surface area contributed by atoms with Crippen molar-refractivity contribution < 1.29 is 0 Å². The topological polar surface area (TPSA) is 67.9 Å². The molecule has 0 saturated carbocycles. The largest absolute Gasteiger partial charge is 0.383 e. The maximum Gasteiger partial charge on any atom is 0.130 e. The summed E-state index contributed by atoms with van der Waals surface area (Å²) >= 11 is 5.78. The van der Waals surface area contributed by atoms with E-state index in [1.807, 2.05) is 18.3 Å². The van der Waals surface area contributed by atoms with Crippen LogP contribution >= 0.6 is 11.6 Å². The lowest BCUT2D eigenvalue weighted by molar-refractivity contribution is 0.241. The maximum absolute atomic E-state index is 5.86. The standard InChI is InChI=1S/C13H14ClN5/c14-12-2-1-9(5-16-12)6-19-4-3-10-11(7-19)17-8-18-13(10)15/h1-2,5,8H,3-4,6-7H2,(H2,15,17,18). The number of halogens is 1.